The van der Waals surface area contributed by atoms with Crippen LogP contribution >= 0.6 is 0 Å². The molecule has 15 heavy (non-hydrogen) atoms. The van der Waals surface area contributed by atoms with Crippen molar-refractivity contribution in [1.82, 2.24) is 15.0 Å². The van der Waals surface area contributed by atoms with E-state index in [1.807, 2.05) is 25.1 Å². The van der Waals surface area contributed by atoms with E-state index in [4.69, 9.17) is 0 Å². The van der Waals surface area contributed by atoms with Crippen LogP contribution in [0, 0.1) is 6.92 Å². The van der Waals surface area contributed by atoms with E-state index in [1.165, 1.54) is 0 Å². The zero-order valence-electron chi connectivity index (χ0n) is 8.51. The Balaban J connectivity index is 1.99. The van der Waals surface area contributed by atoms with Gasteiger partial charge in [-0.3, -0.25) is 4.98 Å². The fourth-order valence-electron chi connectivity index (χ4n) is 1.27. The lowest BCUT2D eigenvalue weighted by molar-refractivity contribution is 0.955. The minimum atomic E-state index is 0.702. The summed E-state index contributed by atoms with van der Waals surface area (Å²) in [6.45, 7) is 2.59. The highest BCUT2D eigenvalue weighted by Crippen LogP contribution is 2.05. The van der Waals surface area contributed by atoms with Crippen molar-refractivity contribution in [3.63, 3.8) is 0 Å². The summed E-state index contributed by atoms with van der Waals surface area (Å²) in [7, 11) is 0. The fraction of sp³-hybridized carbons (Fsp3) is 0.182. The van der Waals surface area contributed by atoms with Crippen molar-refractivity contribution in [1.29, 1.82) is 0 Å². The maximum atomic E-state index is 4.30. The first-order valence-corrected chi connectivity index (χ1v) is 4.77. The van der Waals surface area contributed by atoms with Gasteiger partial charge in [0.05, 0.1) is 12.2 Å². The van der Waals surface area contributed by atoms with Crippen LogP contribution in [-0.2, 0) is 6.54 Å². The molecule has 2 aromatic rings. The Kier molecular flexibility index (Phi) is 2.88. The van der Waals surface area contributed by atoms with Gasteiger partial charge in [-0.05, 0) is 25.1 Å². The number of hydrogen-bond donors (Lipinski definition) is 1. The molecule has 2 heterocycles. The number of pyridine rings is 1. The molecule has 0 bridgehead atoms. The van der Waals surface area contributed by atoms with E-state index in [9.17, 15) is 0 Å². The molecule has 0 spiro atoms. The van der Waals surface area contributed by atoms with Gasteiger partial charge in [0.15, 0.2) is 0 Å². The van der Waals surface area contributed by atoms with Gasteiger partial charge in [0, 0.05) is 24.3 Å². The summed E-state index contributed by atoms with van der Waals surface area (Å²) in [4.78, 5) is 12.3. The molecule has 0 atom stereocenters. The van der Waals surface area contributed by atoms with Crippen molar-refractivity contribution in [3.8, 4) is 0 Å². The van der Waals surface area contributed by atoms with E-state index >= 15 is 0 Å². The Morgan fingerprint density at radius 2 is 1.93 bits per heavy atom. The molecular formula is C11H12N4. The number of rotatable bonds is 3. The molecule has 0 aliphatic heterocycles. The Hall–Kier alpha value is -1.97. The minimum Gasteiger partial charge on any atom is -0.379 e. The second-order valence-electron chi connectivity index (χ2n) is 3.18. The van der Waals surface area contributed by atoms with Gasteiger partial charge in [-0.15, -0.1) is 0 Å². The minimum absolute atomic E-state index is 0.702. The summed E-state index contributed by atoms with van der Waals surface area (Å²) in [5, 5.41) is 3.26. The number of hydrogen-bond acceptors (Lipinski definition) is 4. The van der Waals surface area contributed by atoms with Crippen LogP contribution < -0.4 is 5.32 Å². The van der Waals surface area contributed by atoms with Gasteiger partial charge in [-0.25, -0.2) is 9.97 Å². The number of aromatic nitrogens is 3. The topological polar surface area (TPSA) is 50.7 Å². The van der Waals surface area contributed by atoms with Gasteiger partial charge in [0.1, 0.15) is 5.82 Å². The number of aryl methyl sites for hydroxylation is 1. The molecule has 0 saturated carbocycles. The molecule has 2 rings (SSSR count). The molecule has 0 fully saturated rings. The van der Waals surface area contributed by atoms with Crippen molar-refractivity contribution >= 4 is 5.69 Å². The summed E-state index contributed by atoms with van der Waals surface area (Å²) in [6, 6.07) is 5.75. The monoisotopic (exact) mass is 200 g/mol. The highest BCUT2D eigenvalue weighted by molar-refractivity contribution is 5.40. The third-order valence-corrected chi connectivity index (χ3v) is 1.99. The van der Waals surface area contributed by atoms with Crippen molar-refractivity contribution in [2.24, 2.45) is 0 Å². The van der Waals surface area contributed by atoms with Crippen molar-refractivity contribution in [3.05, 3.63) is 48.3 Å². The van der Waals surface area contributed by atoms with Gasteiger partial charge in [0.25, 0.3) is 0 Å². The first-order valence-electron chi connectivity index (χ1n) is 4.77. The lowest BCUT2D eigenvalue weighted by atomic mass is 10.3. The molecule has 0 unspecified atom stereocenters. The third-order valence-electron chi connectivity index (χ3n) is 1.99. The van der Waals surface area contributed by atoms with E-state index < -0.39 is 0 Å². The van der Waals surface area contributed by atoms with Gasteiger partial charge < -0.3 is 5.32 Å². The predicted octanol–water partition coefficient (Wildman–Crippen LogP) is 1.79. The smallest absolute Gasteiger partial charge is 0.125 e. The van der Waals surface area contributed by atoms with Gasteiger partial charge in [0.2, 0.25) is 0 Å². The summed E-state index contributed by atoms with van der Waals surface area (Å²) in [6.07, 6.45) is 5.28. The standard InChI is InChI=1S/C11H12N4/c1-9-13-7-4-11(15-9)8-14-10-2-5-12-6-3-10/h2-7H,8H2,1H3,(H,12,14). The first kappa shape index (κ1) is 9.58. The van der Waals surface area contributed by atoms with Crippen LogP contribution in [0.15, 0.2) is 36.8 Å². The van der Waals surface area contributed by atoms with E-state index in [-0.39, 0.29) is 0 Å². The van der Waals surface area contributed by atoms with Crippen LogP contribution in [0.3, 0.4) is 0 Å². The average Bonchev–Trinajstić information content (AvgIpc) is 2.28. The molecule has 76 valence electrons. The Morgan fingerprint density at radius 3 is 2.67 bits per heavy atom. The quantitative estimate of drug-likeness (QED) is 0.820. The zero-order valence-corrected chi connectivity index (χ0v) is 8.51. The van der Waals surface area contributed by atoms with Gasteiger partial charge in [-0.1, -0.05) is 0 Å². The van der Waals surface area contributed by atoms with E-state index in [0.29, 0.717) is 6.54 Å². The largest absolute Gasteiger partial charge is 0.379 e. The summed E-state index contributed by atoms with van der Waals surface area (Å²) >= 11 is 0. The van der Waals surface area contributed by atoms with Crippen LogP contribution in [0.1, 0.15) is 11.5 Å². The maximum absolute atomic E-state index is 4.30. The molecule has 0 aliphatic rings. The molecule has 0 aliphatic carbocycles. The molecule has 0 saturated heterocycles. The second-order valence-corrected chi connectivity index (χ2v) is 3.18. The summed E-state index contributed by atoms with van der Waals surface area (Å²) in [5.74, 6) is 0.795. The molecule has 2 aromatic heterocycles. The average molecular weight is 200 g/mol. The Labute approximate surface area is 88.4 Å². The van der Waals surface area contributed by atoms with E-state index in [0.717, 1.165) is 17.2 Å². The van der Waals surface area contributed by atoms with Gasteiger partial charge >= 0.3 is 0 Å². The molecule has 0 radical (unpaired) electrons. The van der Waals surface area contributed by atoms with E-state index in [1.54, 1.807) is 18.6 Å². The Morgan fingerprint density at radius 1 is 1.13 bits per heavy atom. The molecule has 0 aromatic carbocycles. The first-order chi connectivity index (χ1) is 7.34. The van der Waals surface area contributed by atoms with Crippen LogP contribution in [-0.4, -0.2) is 15.0 Å². The predicted molar refractivity (Wildman–Crippen MR) is 58.3 cm³/mol. The summed E-state index contributed by atoms with van der Waals surface area (Å²) < 4.78 is 0. The van der Waals surface area contributed by atoms with Crippen LogP contribution in [0.25, 0.3) is 0 Å². The zero-order chi connectivity index (χ0) is 10.5. The van der Waals surface area contributed by atoms with Crippen molar-refractivity contribution in [2.45, 2.75) is 13.5 Å². The fourth-order valence-corrected chi connectivity index (χ4v) is 1.27. The van der Waals surface area contributed by atoms with Crippen LogP contribution in [0.2, 0.25) is 0 Å². The van der Waals surface area contributed by atoms with Gasteiger partial charge in [-0.2, -0.15) is 0 Å². The Bertz CT molecular complexity index is 428. The van der Waals surface area contributed by atoms with Crippen LogP contribution in [0.4, 0.5) is 5.69 Å². The number of anilines is 1. The molecule has 4 nitrogen and oxygen atoms in total. The SMILES string of the molecule is Cc1nccc(CNc2ccncc2)n1. The van der Waals surface area contributed by atoms with Crippen LogP contribution in [0.5, 0.6) is 0 Å². The number of nitrogens with zero attached hydrogens (tertiary/aromatic N) is 3. The molecule has 0 amide bonds. The lowest BCUT2D eigenvalue weighted by Crippen LogP contribution is -2.02. The van der Waals surface area contributed by atoms with E-state index in [2.05, 4.69) is 20.3 Å². The summed E-state index contributed by atoms with van der Waals surface area (Å²) in [5.41, 5.74) is 2.03. The molecule has 4 heteroatoms. The van der Waals surface area contributed by atoms with Crippen molar-refractivity contribution < 1.29 is 0 Å². The normalized spacial score (nSPS) is 9.93. The van der Waals surface area contributed by atoms with Crippen molar-refractivity contribution in [2.75, 3.05) is 5.32 Å². The lowest BCUT2D eigenvalue weighted by Gasteiger charge is -2.05. The third kappa shape index (κ3) is 2.74. The molecule has 1 N–H and O–H groups in total. The number of nitrogens with one attached hydrogen (secondary N) is 1. The highest BCUT2D eigenvalue weighted by Gasteiger charge is 1.95. The second kappa shape index (κ2) is 4.50. The maximum Gasteiger partial charge on any atom is 0.125 e. The highest BCUT2D eigenvalue weighted by atomic mass is 14.9. The molecular weight excluding hydrogens is 188 g/mol.